The molecule has 0 radical (unpaired) electrons. The Kier molecular flexibility index (Phi) is 6.23. The molecule has 1 atom stereocenters. The number of rotatable bonds is 9. The predicted octanol–water partition coefficient (Wildman–Crippen LogP) is 2.58. The lowest BCUT2D eigenvalue weighted by Gasteiger charge is -2.09. The minimum atomic E-state index is 0.183. The third-order valence-electron chi connectivity index (χ3n) is 3.56. The zero-order chi connectivity index (χ0) is 15.1. The van der Waals surface area contributed by atoms with E-state index in [0.29, 0.717) is 0 Å². The van der Waals surface area contributed by atoms with E-state index < -0.39 is 0 Å². The Morgan fingerprint density at radius 3 is 2.81 bits per heavy atom. The number of aromatic nitrogens is 1. The fraction of sp³-hybridized carbons (Fsp3) is 0.529. The minimum Gasteiger partial charge on any atom is -0.385 e. The molecule has 21 heavy (non-hydrogen) atoms. The van der Waals surface area contributed by atoms with Gasteiger partial charge in [0.2, 0.25) is 0 Å². The van der Waals surface area contributed by atoms with Crippen LogP contribution in [0.25, 0.3) is 10.9 Å². The molecule has 2 rings (SSSR count). The van der Waals surface area contributed by atoms with Crippen molar-refractivity contribution in [2.75, 3.05) is 26.9 Å². The first-order valence-electron chi connectivity index (χ1n) is 7.61. The van der Waals surface area contributed by atoms with Crippen molar-refractivity contribution in [3.63, 3.8) is 0 Å². The van der Waals surface area contributed by atoms with Gasteiger partial charge in [0.05, 0.1) is 6.61 Å². The van der Waals surface area contributed by atoms with Crippen LogP contribution in [0.4, 0.5) is 0 Å². The highest BCUT2D eigenvalue weighted by Gasteiger charge is 2.07. The van der Waals surface area contributed by atoms with Gasteiger partial charge in [-0.3, -0.25) is 0 Å². The Morgan fingerprint density at radius 2 is 2.05 bits per heavy atom. The maximum absolute atomic E-state index is 5.92. The van der Waals surface area contributed by atoms with Crippen molar-refractivity contribution >= 4 is 10.9 Å². The van der Waals surface area contributed by atoms with Gasteiger partial charge in [-0.25, -0.2) is 0 Å². The van der Waals surface area contributed by atoms with Gasteiger partial charge in [-0.2, -0.15) is 0 Å². The molecule has 1 unspecified atom stereocenters. The van der Waals surface area contributed by atoms with E-state index in [9.17, 15) is 0 Å². The first-order chi connectivity index (χ1) is 10.2. The lowest BCUT2D eigenvalue weighted by Crippen LogP contribution is -2.17. The Morgan fingerprint density at radius 1 is 1.19 bits per heavy atom. The summed E-state index contributed by atoms with van der Waals surface area (Å²) in [6, 6.07) is 8.79. The van der Waals surface area contributed by atoms with Gasteiger partial charge >= 0.3 is 0 Å². The van der Waals surface area contributed by atoms with Crippen LogP contribution in [0, 0.1) is 0 Å². The average molecular weight is 290 g/mol. The molecule has 0 aliphatic carbocycles. The van der Waals surface area contributed by atoms with Crippen molar-refractivity contribution in [1.82, 2.24) is 4.57 Å². The van der Waals surface area contributed by atoms with E-state index in [2.05, 4.69) is 35.0 Å². The largest absolute Gasteiger partial charge is 0.385 e. The van der Waals surface area contributed by atoms with Crippen LogP contribution in [0.5, 0.6) is 0 Å². The minimum absolute atomic E-state index is 0.183. The van der Waals surface area contributed by atoms with Gasteiger partial charge in [0, 0.05) is 50.0 Å². The van der Waals surface area contributed by atoms with Crippen LogP contribution in [-0.2, 0) is 22.4 Å². The molecule has 0 saturated heterocycles. The van der Waals surface area contributed by atoms with Crippen LogP contribution >= 0.6 is 0 Å². The molecule has 4 heteroatoms. The summed E-state index contributed by atoms with van der Waals surface area (Å²) in [5.41, 5.74) is 8.50. The van der Waals surface area contributed by atoms with Crippen LogP contribution in [0.2, 0.25) is 0 Å². The van der Waals surface area contributed by atoms with E-state index >= 15 is 0 Å². The highest BCUT2D eigenvalue weighted by Crippen LogP contribution is 2.21. The molecule has 2 N–H and O–H groups in total. The van der Waals surface area contributed by atoms with E-state index in [-0.39, 0.29) is 6.04 Å². The maximum atomic E-state index is 5.92. The Labute approximate surface area is 126 Å². The molecule has 0 aliphatic heterocycles. The maximum Gasteiger partial charge on any atom is 0.0645 e. The van der Waals surface area contributed by atoms with Crippen molar-refractivity contribution in [2.24, 2.45) is 5.73 Å². The second-order valence-electron chi connectivity index (χ2n) is 5.50. The molecule has 116 valence electrons. The highest BCUT2D eigenvalue weighted by atomic mass is 16.5. The normalized spacial score (nSPS) is 12.9. The van der Waals surface area contributed by atoms with E-state index in [4.69, 9.17) is 15.2 Å². The second kappa shape index (κ2) is 8.17. The molecule has 4 nitrogen and oxygen atoms in total. The van der Waals surface area contributed by atoms with Gasteiger partial charge < -0.3 is 19.8 Å². The number of ether oxygens (including phenoxy) is 2. The molecule has 1 aromatic carbocycles. The topological polar surface area (TPSA) is 49.4 Å². The summed E-state index contributed by atoms with van der Waals surface area (Å²) in [6.07, 6.45) is 3.99. The summed E-state index contributed by atoms with van der Waals surface area (Å²) in [6.45, 7) is 5.16. The summed E-state index contributed by atoms with van der Waals surface area (Å²) in [4.78, 5) is 0. The summed E-state index contributed by atoms with van der Waals surface area (Å²) in [5.74, 6) is 0. The molecule has 0 saturated carbocycles. The number of hydrogen-bond donors (Lipinski definition) is 1. The molecule has 0 amide bonds. The number of nitrogens with zero attached hydrogens (tertiary/aromatic N) is 1. The Bertz CT molecular complexity index is 549. The number of fused-ring (bicyclic) bond motifs is 1. The molecule has 1 heterocycles. The van der Waals surface area contributed by atoms with Gasteiger partial charge in [-0.1, -0.05) is 12.1 Å². The summed E-state index contributed by atoms with van der Waals surface area (Å²) >= 11 is 0. The van der Waals surface area contributed by atoms with Crippen LogP contribution < -0.4 is 5.73 Å². The zero-order valence-corrected chi connectivity index (χ0v) is 13.0. The molecular weight excluding hydrogens is 264 g/mol. The fourth-order valence-corrected chi connectivity index (χ4v) is 2.58. The van der Waals surface area contributed by atoms with E-state index in [0.717, 1.165) is 39.2 Å². The van der Waals surface area contributed by atoms with Gasteiger partial charge in [-0.05, 0) is 37.5 Å². The predicted molar refractivity (Wildman–Crippen MR) is 86.6 cm³/mol. The third-order valence-corrected chi connectivity index (χ3v) is 3.56. The van der Waals surface area contributed by atoms with Gasteiger partial charge in [0.15, 0.2) is 0 Å². The monoisotopic (exact) mass is 290 g/mol. The van der Waals surface area contributed by atoms with Crippen LogP contribution in [-0.4, -0.2) is 37.5 Å². The molecule has 0 aliphatic rings. The van der Waals surface area contributed by atoms with E-state index in [1.165, 1.54) is 16.5 Å². The number of benzene rings is 1. The van der Waals surface area contributed by atoms with Crippen LogP contribution in [0.1, 0.15) is 18.9 Å². The molecule has 0 spiro atoms. The molecule has 0 fully saturated rings. The van der Waals surface area contributed by atoms with Crippen molar-refractivity contribution < 1.29 is 9.47 Å². The van der Waals surface area contributed by atoms with Crippen molar-refractivity contribution in [3.05, 3.63) is 36.0 Å². The molecular formula is C17H26N2O2. The fourth-order valence-electron chi connectivity index (χ4n) is 2.58. The highest BCUT2D eigenvalue weighted by molar-refractivity contribution is 5.83. The SMILES string of the molecule is COCCCOCCn1ccc2c(CC(C)N)cccc21. The lowest BCUT2D eigenvalue weighted by molar-refractivity contribution is 0.0982. The van der Waals surface area contributed by atoms with Crippen LogP contribution in [0.3, 0.4) is 0 Å². The first-order valence-corrected chi connectivity index (χ1v) is 7.61. The second-order valence-corrected chi connectivity index (χ2v) is 5.50. The zero-order valence-electron chi connectivity index (χ0n) is 13.0. The number of nitrogens with two attached hydrogens (primary N) is 1. The van der Waals surface area contributed by atoms with E-state index in [1.807, 2.05) is 6.92 Å². The number of hydrogen-bond acceptors (Lipinski definition) is 3. The Hall–Kier alpha value is -1.36. The lowest BCUT2D eigenvalue weighted by atomic mass is 10.0. The van der Waals surface area contributed by atoms with Gasteiger partial charge in [0.1, 0.15) is 0 Å². The smallest absolute Gasteiger partial charge is 0.0645 e. The summed E-state index contributed by atoms with van der Waals surface area (Å²) in [7, 11) is 1.71. The van der Waals surface area contributed by atoms with Crippen molar-refractivity contribution in [2.45, 2.75) is 32.4 Å². The van der Waals surface area contributed by atoms with Gasteiger partial charge in [0.25, 0.3) is 0 Å². The third kappa shape index (κ3) is 4.56. The van der Waals surface area contributed by atoms with Crippen molar-refractivity contribution in [3.8, 4) is 0 Å². The summed E-state index contributed by atoms with van der Waals surface area (Å²) in [5, 5.41) is 1.30. The molecule has 1 aromatic heterocycles. The van der Waals surface area contributed by atoms with Crippen LogP contribution in [0.15, 0.2) is 30.5 Å². The van der Waals surface area contributed by atoms with Gasteiger partial charge in [-0.15, -0.1) is 0 Å². The number of methoxy groups -OCH3 is 1. The van der Waals surface area contributed by atoms with Crippen molar-refractivity contribution in [1.29, 1.82) is 0 Å². The quantitative estimate of drug-likeness (QED) is 0.722. The summed E-state index contributed by atoms with van der Waals surface area (Å²) < 4.78 is 12.9. The average Bonchev–Trinajstić information content (AvgIpc) is 2.87. The van der Waals surface area contributed by atoms with E-state index in [1.54, 1.807) is 7.11 Å². The Balaban J connectivity index is 1.95. The molecule has 0 bridgehead atoms. The molecule has 2 aromatic rings. The first kappa shape index (κ1) is 16.0. The standard InChI is InChI=1S/C17H26N2O2/c1-14(18)13-15-5-3-6-17-16(15)7-8-19(17)9-12-21-11-4-10-20-2/h3,5-8,14H,4,9-13,18H2,1-2H3.